The van der Waals surface area contributed by atoms with Gasteiger partial charge in [0.25, 0.3) is 0 Å². The van der Waals surface area contributed by atoms with Gasteiger partial charge in [-0.05, 0) is 37.8 Å². The number of carboxylic acids is 1. The van der Waals surface area contributed by atoms with Gasteiger partial charge >= 0.3 is 5.97 Å². The Balaban J connectivity index is 1.61. The number of carboxylic acid groups (broad SMARTS) is 1. The largest absolute Gasteiger partial charge is 0.491 e. The Hall–Kier alpha value is -1.59. The van der Waals surface area contributed by atoms with Gasteiger partial charge in [-0.15, -0.1) is 0 Å². The van der Waals surface area contributed by atoms with Gasteiger partial charge in [-0.25, -0.2) is 0 Å². The molecule has 21 heavy (non-hydrogen) atoms. The average molecular weight is 294 g/mol. The molecule has 1 aromatic rings. The molecule has 1 saturated carbocycles. The van der Waals surface area contributed by atoms with E-state index in [9.17, 15) is 9.90 Å². The van der Waals surface area contributed by atoms with Crippen LogP contribution in [0.15, 0.2) is 30.3 Å². The Morgan fingerprint density at radius 3 is 2.48 bits per heavy atom. The van der Waals surface area contributed by atoms with Crippen LogP contribution >= 0.6 is 0 Å². The van der Waals surface area contributed by atoms with E-state index in [1.54, 1.807) is 0 Å². The standard InChI is InChI=1S/C16H22O5/c17-15(18)13-6-8-16(19,9-7-13)12-20-10-11-21-14-4-2-1-3-5-14/h1-5,13,19H,6-12H2,(H,17,18). The van der Waals surface area contributed by atoms with Gasteiger partial charge in [-0.1, -0.05) is 18.2 Å². The zero-order valence-corrected chi connectivity index (χ0v) is 12.0. The molecule has 0 aliphatic heterocycles. The predicted molar refractivity (Wildman–Crippen MR) is 77.3 cm³/mol. The van der Waals surface area contributed by atoms with E-state index in [2.05, 4.69) is 0 Å². The molecule has 0 radical (unpaired) electrons. The second-order valence-electron chi connectivity index (χ2n) is 5.55. The fourth-order valence-electron chi connectivity index (χ4n) is 2.54. The summed E-state index contributed by atoms with van der Waals surface area (Å²) in [6, 6.07) is 9.48. The zero-order valence-electron chi connectivity index (χ0n) is 12.0. The molecule has 0 bridgehead atoms. The Bertz CT molecular complexity index is 437. The van der Waals surface area contributed by atoms with Crippen molar-refractivity contribution in [1.82, 2.24) is 0 Å². The molecule has 1 fully saturated rings. The summed E-state index contributed by atoms with van der Waals surface area (Å²) >= 11 is 0. The van der Waals surface area contributed by atoms with Gasteiger partial charge in [0, 0.05) is 0 Å². The first-order valence-corrected chi connectivity index (χ1v) is 7.30. The van der Waals surface area contributed by atoms with Crippen LogP contribution in [-0.2, 0) is 9.53 Å². The highest BCUT2D eigenvalue weighted by atomic mass is 16.5. The number of carbonyl (C=O) groups is 1. The molecule has 0 atom stereocenters. The molecular weight excluding hydrogens is 272 g/mol. The summed E-state index contributed by atoms with van der Waals surface area (Å²) in [6.45, 7) is 1.06. The highest BCUT2D eigenvalue weighted by molar-refractivity contribution is 5.70. The molecule has 0 aromatic heterocycles. The monoisotopic (exact) mass is 294 g/mol. The van der Waals surface area contributed by atoms with Crippen molar-refractivity contribution >= 4 is 5.97 Å². The third-order valence-corrected chi connectivity index (χ3v) is 3.88. The van der Waals surface area contributed by atoms with Crippen LogP contribution in [0.25, 0.3) is 0 Å². The van der Waals surface area contributed by atoms with E-state index in [0.717, 1.165) is 5.75 Å². The number of ether oxygens (including phenoxy) is 2. The van der Waals surface area contributed by atoms with Gasteiger partial charge in [0.2, 0.25) is 0 Å². The van der Waals surface area contributed by atoms with Gasteiger partial charge < -0.3 is 19.7 Å². The van der Waals surface area contributed by atoms with Gasteiger partial charge in [-0.3, -0.25) is 4.79 Å². The lowest BCUT2D eigenvalue weighted by Gasteiger charge is -2.34. The zero-order chi connectivity index (χ0) is 15.1. The Kier molecular flexibility index (Phi) is 5.59. The molecule has 5 nitrogen and oxygen atoms in total. The van der Waals surface area contributed by atoms with E-state index in [4.69, 9.17) is 14.6 Å². The first kappa shape index (κ1) is 15.8. The van der Waals surface area contributed by atoms with Crippen molar-refractivity contribution in [3.8, 4) is 5.75 Å². The summed E-state index contributed by atoms with van der Waals surface area (Å²) < 4.78 is 11.0. The maximum atomic E-state index is 10.9. The molecule has 0 spiro atoms. The number of benzene rings is 1. The maximum Gasteiger partial charge on any atom is 0.306 e. The minimum Gasteiger partial charge on any atom is -0.491 e. The number of hydrogen-bond donors (Lipinski definition) is 2. The van der Waals surface area contributed by atoms with E-state index in [1.165, 1.54) is 0 Å². The molecule has 2 rings (SSSR count). The molecule has 116 valence electrons. The molecule has 1 aliphatic carbocycles. The molecule has 0 heterocycles. The van der Waals surface area contributed by atoms with Crippen molar-refractivity contribution in [2.75, 3.05) is 19.8 Å². The first-order chi connectivity index (χ1) is 10.1. The van der Waals surface area contributed by atoms with Crippen molar-refractivity contribution in [2.45, 2.75) is 31.3 Å². The lowest BCUT2D eigenvalue weighted by atomic mass is 9.79. The van der Waals surface area contributed by atoms with Crippen LogP contribution in [0.2, 0.25) is 0 Å². The summed E-state index contributed by atoms with van der Waals surface area (Å²) in [6.07, 6.45) is 1.97. The number of rotatable bonds is 7. The number of aliphatic carboxylic acids is 1. The van der Waals surface area contributed by atoms with E-state index < -0.39 is 11.6 Å². The predicted octanol–water partition coefficient (Wildman–Crippen LogP) is 2.09. The van der Waals surface area contributed by atoms with Crippen LogP contribution in [-0.4, -0.2) is 41.6 Å². The van der Waals surface area contributed by atoms with Gasteiger partial charge in [0.05, 0.1) is 24.7 Å². The minimum absolute atomic E-state index is 0.234. The van der Waals surface area contributed by atoms with Crippen LogP contribution in [0.4, 0.5) is 0 Å². The van der Waals surface area contributed by atoms with Crippen molar-refractivity contribution in [3.05, 3.63) is 30.3 Å². The summed E-state index contributed by atoms with van der Waals surface area (Å²) in [5.41, 5.74) is -0.890. The van der Waals surface area contributed by atoms with Gasteiger partial charge in [0.15, 0.2) is 0 Å². The molecule has 0 unspecified atom stereocenters. The summed E-state index contributed by atoms with van der Waals surface area (Å²) in [7, 11) is 0. The smallest absolute Gasteiger partial charge is 0.306 e. The third-order valence-electron chi connectivity index (χ3n) is 3.88. The highest BCUT2D eigenvalue weighted by Gasteiger charge is 2.35. The van der Waals surface area contributed by atoms with Crippen molar-refractivity contribution in [2.24, 2.45) is 5.92 Å². The Labute approximate surface area is 124 Å². The fraction of sp³-hybridized carbons (Fsp3) is 0.562. The number of para-hydroxylation sites is 1. The van der Waals surface area contributed by atoms with Crippen LogP contribution in [0.1, 0.15) is 25.7 Å². The van der Waals surface area contributed by atoms with Crippen molar-refractivity contribution in [1.29, 1.82) is 0 Å². The molecular formula is C16H22O5. The molecule has 1 aliphatic rings. The maximum absolute atomic E-state index is 10.9. The summed E-state index contributed by atoms with van der Waals surface area (Å²) in [5, 5.41) is 19.3. The molecule has 0 saturated heterocycles. The molecule has 1 aromatic carbocycles. The number of aliphatic hydroxyl groups is 1. The SMILES string of the molecule is O=C(O)C1CCC(O)(COCCOc2ccccc2)CC1. The Morgan fingerprint density at radius 2 is 1.86 bits per heavy atom. The van der Waals surface area contributed by atoms with Crippen molar-refractivity contribution in [3.63, 3.8) is 0 Å². The Morgan fingerprint density at radius 1 is 1.19 bits per heavy atom. The van der Waals surface area contributed by atoms with Crippen LogP contribution in [0.5, 0.6) is 5.75 Å². The second-order valence-corrected chi connectivity index (χ2v) is 5.55. The molecule has 0 amide bonds. The first-order valence-electron chi connectivity index (χ1n) is 7.30. The minimum atomic E-state index is -0.890. The van der Waals surface area contributed by atoms with Crippen LogP contribution in [0, 0.1) is 5.92 Å². The van der Waals surface area contributed by atoms with Gasteiger partial charge in [0.1, 0.15) is 12.4 Å². The fourth-order valence-corrected chi connectivity index (χ4v) is 2.54. The summed E-state index contributed by atoms with van der Waals surface area (Å²) in [5.74, 6) is -0.303. The quantitative estimate of drug-likeness (QED) is 0.753. The lowest BCUT2D eigenvalue weighted by molar-refractivity contribution is -0.146. The van der Waals surface area contributed by atoms with Crippen LogP contribution < -0.4 is 4.74 Å². The van der Waals surface area contributed by atoms with E-state index in [1.807, 2.05) is 30.3 Å². The van der Waals surface area contributed by atoms with Crippen molar-refractivity contribution < 1.29 is 24.5 Å². The summed E-state index contributed by atoms with van der Waals surface area (Å²) in [4.78, 5) is 10.9. The average Bonchev–Trinajstić information content (AvgIpc) is 2.48. The second kappa shape index (κ2) is 7.43. The molecule has 5 heteroatoms. The number of hydrogen-bond acceptors (Lipinski definition) is 4. The van der Waals surface area contributed by atoms with E-state index in [0.29, 0.717) is 38.9 Å². The van der Waals surface area contributed by atoms with E-state index in [-0.39, 0.29) is 12.5 Å². The lowest BCUT2D eigenvalue weighted by Crippen LogP contribution is -2.40. The molecule has 2 N–H and O–H groups in total. The highest BCUT2D eigenvalue weighted by Crippen LogP contribution is 2.32. The normalized spacial score (nSPS) is 25.5. The third kappa shape index (κ3) is 5.02. The van der Waals surface area contributed by atoms with Gasteiger partial charge in [-0.2, -0.15) is 0 Å². The van der Waals surface area contributed by atoms with E-state index >= 15 is 0 Å². The van der Waals surface area contributed by atoms with Crippen LogP contribution in [0.3, 0.4) is 0 Å². The topological polar surface area (TPSA) is 76.0 Å².